The van der Waals surface area contributed by atoms with Crippen molar-refractivity contribution in [2.45, 2.75) is 38.3 Å². The first kappa shape index (κ1) is 28.2. The number of nitrogen functional groups attached to an aromatic ring is 1. The number of benzene rings is 2. The van der Waals surface area contributed by atoms with E-state index in [1.807, 2.05) is 4.90 Å². The smallest absolute Gasteiger partial charge is 0.320 e. The molecule has 2 aromatic rings. The van der Waals surface area contributed by atoms with Crippen LogP contribution in [-0.2, 0) is 21.2 Å². The van der Waals surface area contributed by atoms with Gasteiger partial charge in [-0.25, -0.2) is 8.42 Å². The Bertz CT molecular complexity index is 1450. The molecule has 11 nitrogen and oxygen atoms in total. The molecule has 0 radical (unpaired) electrons. The fourth-order valence-corrected chi connectivity index (χ4v) is 6.60. The molecule has 6 N–H and O–H groups in total. The number of phenolic OH excluding ortho intramolecular Hbond substituents is 1. The van der Waals surface area contributed by atoms with Crippen LogP contribution in [0.4, 0.5) is 5.69 Å². The second kappa shape index (κ2) is 11.1. The maximum atomic E-state index is 13.2. The van der Waals surface area contributed by atoms with Crippen molar-refractivity contribution in [3.63, 3.8) is 0 Å². The molecule has 0 amide bonds. The number of rotatable bonds is 8. The average Bonchev–Trinajstić information content (AvgIpc) is 3.25. The third-order valence-electron chi connectivity index (χ3n) is 6.79. The van der Waals surface area contributed by atoms with Gasteiger partial charge in [0.1, 0.15) is 23.4 Å². The molecule has 2 aliphatic rings. The van der Waals surface area contributed by atoms with Crippen LogP contribution in [-0.4, -0.2) is 72.2 Å². The Morgan fingerprint density at radius 1 is 1.23 bits per heavy atom. The Morgan fingerprint density at radius 2 is 1.92 bits per heavy atom. The van der Waals surface area contributed by atoms with Gasteiger partial charge in [-0.15, -0.1) is 0 Å². The number of carbonyl (C=O) groups is 1. The van der Waals surface area contributed by atoms with Crippen molar-refractivity contribution in [3.8, 4) is 11.5 Å². The Hall–Kier alpha value is -3.77. The molecule has 39 heavy (non-hydrogen) atoms. The quantitative estimate of drug-likeness (QED) is 0.235. The highest BCUT2D eigenvalue weighted by molar-refractivity contribution is 7.93. The lowest BCUT2D eigenvalue weighted by molar-refractivity contribution is -0.134. The van der Waals surface area contributed by atoms with Crippen LogP contribution >= 0.6 is 11.6 Å². The molecule has 1 atom stereocenters. The number of hydrogen-bond donors (Lipinski definition) is 5. The Kier molecular flexibility index (Phi) is 8.07. The summed E-state index contributed by atoms with van der Waals surface area (Å²) in [5.74, 6) is -1.97. The van der Waals surface area contributed by atoms with E-state index in [-0.39, 0.29) is 34.8 Å². The van der Waals surface area contributed by atoms with E-state index in [2.05, 4.69) is 0 Å². The van der Waals surface area contributed by atoms with E-state index >= 15 is 0 Å². The van der Waals surface area contributed by atoms with E-state index < -0.39 is 27.8 Å². The topological polar surface area (TPSA) is 181 Å². The van der Waals surface area contributed by atoms with Gasteiger partial charge < -0.3 is 25.6 Å². The summed E-state index contributed by atoms with van der Waals surface area (Å²) < 4.78 is 33.5. The van der Waals surface area contributed by atoms with Gasteiger partial charge in [-0.2, -0.15) is 0 Å². The minimum atomic E-state index is -4.29. The van der Waals surface area contributed by atoms with Crippen LogP contribution in [0.2, 0.25) is 5.02 Å². The number of aliphatic carboxylic acids is 1. The molecular weight excluding hydrogens is 546 g/mol. The van der Waals surface area contributed by atoms with Crippen molar-refractivity contribution >= 4 is 51.0 Å². The van der Waals surface area contributed by atoms with Crippen molar-refractivity contribution in [3.05, 3.63) is 58.1 Å². The van der Waals surface area contributed by atoms with Gasteiger partial charge in [-0.1, -0.05) is 23.8 Å². The van der Waals surface area contributed by atoms with Crippen molar-refractivity contribution in [1.29, 1.82) is 10.8 Å². The predicted octanol–water partition coefficient (Wildman–Crippen LogP) is 3.03. The van der Waals surface area contributed by atoms with Gasteiger partial charge in [-0.05, 0) is 37.3 Å². The molecule has 4 rings (SSSR count). The molecule has 2 aromatic carbocycles. The second-order valence-corrected chi connectivity index (χ2v) is 11.8. The molecule has 2 aliphatic heterocycles. The number of hydrogen-bond acceptors (Lipinski definition) is 7. The van der Waals surface area contributed by atoms with Gasteiger partial charge in [0, 0.05) is 49.0 Å². The minimum absolute atomic E-state index is 0.0929. The minimum Gasteiger partial charge on any atom is -0.507 e. The first-order chi connectivity index (χ1) is 18.4. The number of anilines is 1. The predicted molar refractivity (Wildman–Crippen MR) is 150 cm³/mol. The molecule has 0 aliphatic carbocycles. The number of carboxylic acids is 1. The van der Waals surface area contributed by atoms with Crippen LogP contribution in [0.3, 0.4) is 0 Å². The van der Waals surface area contributed by atoms with Gasteiger partial charge >= 0.3 is 5.97 Å². The van der Waals surface area contributed by atoms with E-state index in [1.165, 1.54) is 24.3 Å². The zero-order chi connectivity index (χ0) is 28.5. The second-order valence-electron chi connectivity index (χ2n) is 9.53. The number of fused-ring (bicyclic) bond motifs is 1. The zero-order valence-corrected chi connectivity index (χ0v) is 22.8. The summed E-state index contributed by atoms with van der Waals surface area (Å²) in [4.78, 5) is 13.3. The summed E-state index contributed by atoms with van der Waals surface area (Å²) >= 11 is 6.73. The summed E-state index contributed by atoms with van der Waals surface area (Å²) in [7, 11) is -4.29. The number of piperidine rings is 1. The summed E-state index contributed by atoms with van der Waals surface area (Å²) in [6.45, 7) is 3.12. The number of amidine groups is 2. The van der Waals surface area contributed by atoms with E-state index in [0.29, 0.717) is 54.2 Å². The molecule has 1 saturated heterocycles. The number of carboxylic acid groups (broad SMARTS) is 1. The fourth-order valence-electron chi connectivity index (χ4n) is 4.84. The largest absolute Gasteiger partial charge is 0.507 e. The lowest BCUT2D eigenvalue weighted by atomic mass is 10.1. The van der Waals surface area contributed by atoms with Crippen LogP contribution in [0, 0.1) is 10.8 Å². The number of nitrogens with one attached hydrogen (secondary N) is 2. The van der Waals surface area contributed by atoms with Crippen molar-refractivity contribution < 1.29 is 28.2 Å². The van der Waals surface area contributed by atoms with Crippen LogP contribution in [0.15, 0.2) is 36.4 Å². The lowest BCUT2D eigenvalue weighted by Gasteiger charge is -2.33. The highest BCUT2D eigenvalue weighted by Gasteiger charge is 2.39. The van der Waals surface area contributed by atoms with E-state index in [0.717, 1.165) is 4.31 Å². The number of sulfonamides is 1. The Balaban J connectivity index is 1.65. The van der Waals surface area contributed by atoms with Crippen molar-refractivity contribution in [1.82, 2.24) is 4.90 Å². The normalized spacial score (nSPS) is 17.8. The maximum absolute atomic E-state index is 13.2. The molecule has 1 unspecified atom stereocenters. The van der Waals surface area contributed by atoms with Crippen LogP contribution in [0.25, 0.3) is 6.08 Å². The number of nitrogens with two attached hydrogens (primary N) is 1. The molecule has 0 bridgehead atoms. The number of halogens is 1. The highest BCUT2D eigenvalue weighted by atomic mass is 35.5. The van der Waals surface area contributed by atoms with Crippen LogP contribution in [0.5, 0.6) is 11.5 Å². The molecule has 13 heteroatoms. The molecule has 2 heterocycles. The molecule has 208 valence electrons. The summed E-state index contributed by atoms with van der Waals surface area (Å²) in [6, 6.07) is 6.70. The van der Waals surface area contributed by atoms with E-state index in [9.17, 15) is 23.4 Å². The third-order valence-corrected chi connectivity index (χ3v) is 8.88. The van der Waals surface area contributed by atoms with Gasteiger partial charge in [0.2, 0.25) is 10.0 Å². The van der Waals surface area contributed by atoms with Crippen molar-refractivity contribution in [2.75, 3.05) is 23.1 Å². The SMILES string of the molecule is CC(=N)N1CCC(Oc2ccc3c(c2Cl)CC(/C=C/c2cc(C(=N)N)ccc2O)N3S(=O)(=O)CC(=O)O)CC1. The number of aromatic hydroxyl groups is 1. The van der Waals surface area contributed by atoms with Crippen LogP contribution in [0.1, 0.15) is 36.5 Å². The monoisotopic (exact) mass is 575 g/mol. The Labute approximate surface area is 231 Å². The molecule has 0 saturated carbocycles. The number of ether oxygens (including phenoxy) is 1. The fraction of sp³-hybridized carbons (Fsp3) is 0.346. The molecule has 0 spiro atoms. The molecule has 1 fully saturated rings. The number of likely N-dealkylation sites (tertiary alicyclic amines) is 1. The zero-order valence-electron chi connectivity index (χ0n) is 21.2. The first-order valence-electron chi connectivity index (χ1n) is 12.2. The van der Waals surface area contributed by atoms with Gasteiger partial charge in [0.05, 0.1) is 22.6 Å². The summed E-state index contributed by atoms with van der Waals surface area (Å²) in [5.41, 5.74) is 7.01. The lowest BCUT2D eigenvalue weighted by Crippen LogP contribution is -2.40. The van der Waals surface area contributed by atoms with Gasteiger partial charge in [0.15, 0.2) is 5.75 Å². The van der Waals surface area contributed by atoms with Gasteiger partial charge in [-0.3, -0.25) is 19.9 Å². The van der Waals surface area contributed by atoms with Crippen LogP contribution < -0.4 is 14.8 Å². The number of phenols is 1. The first-order valence-corrected chi connectivity index (χ1v) is 14.2. The highest BCUT2D eigenvalue weighted by Crippen LogP contribution is 2.44. The third kappa shape index (κ3) is 6.12. The van der Waals surface area contributed by atoms with Crippen molar-refractivity contribution in [2.24, 2.45) is 5.73 Å². The van der Waals surface area contributed by atoms with E-state index in [4.69, 9.17) is 32.9 Å². The Morgan fingerprint density at radius 3 is 2.54 bits per heavy atom. The maximum Gasteiger partial charge on any atom is 0.320 e. The summed E-state index contributed by atoms with van der Waals surface area (Å²) in [5, 5.41) is 35.2. The average molecular weight is 576 g/mol. The van der Waals surface area contributed by atoms with Gasteiger partial charge in [0.25, 0.3) is 0 Å². The summed E-state index contributed by atoms with van der Waals surface area (Å²) in [6.07, 6.45) is 4.50. The molecular formula is C26H30ClN5O6S. The number of nitrogens with zero attached hydrogens (tertiary/aromatic N) is 2. The standard InChI is InChI=1S/C26H30ClN5O6S/c1-15(28)31-10-8-19(9-11-31)38-23-7-5-21-20(25(23)27)13-18(32(21)39(36,37)14-24(34)35)4-2-16-12-17(26(29)30)3-6-22(16)33/h2-7,12,18-19,28,33H,8-11,13-14H2,1H3,(H3,29,30)(H,34,35)/b4-2+,28-15?. The van der Waals surface area contributed by atoms with E-state index in [1.54, 1.807) is 25.1 Å². The molecule has 0 aromatic heterocycles.